The van der Waals surface area contributed by atoms with Crippen molar-refractivity contribution in [2.45, 2.75) is 24.7 Å². The van der Waals surface area contributed by atoms with E-state index in [-0.39, 0.29) is 10.7 Å². The first-order valence-corrected chi connectivity index (χ1v) is 4.04. The molecule has 5 heteroatoms. The highest BCUT2D eigenvalue weighted by Gasteiger charge is 2.16. The molecule has 0 heterocycles. The Labute approximate surface area is 73.1 Å². The number of amides is 1. The predicted molar refractivity (Wildman–Crippen MR) is 43.6 cm³/mol. The second kappa shape index (κ2) is 4.33. The van der Waals surface area contributed by atoms with E-state index < -0.39 is 12.0 Å². The van der Waals surface area contributed by atoms with Crippen LogP contribution >= 0.6 is 15.9 Å². The smallest absolute Gasteiger partial charge is 0.325 e. The third-order valence-corrected chi connectivity index (χ3v) is 1.51. The second-order valence-corrected chi connectivity index (χ2v) is 3.56. The molecule has 0 aliphatic rings. The summed E-state index contributed by atoms with van der Waals surface area (Å²) in [5.41, 5.74) is 0. The maximum atomic E-state index is 10.8. The van der Waals surface area contributed by atoms with Crippen molar-refractivity contribution in [3.8, 4) is 0 Å². The molecule has 4 nitrogen and oxygen atoms in total. The van der Waals surface area contributed by atoms with Crippen molar-refractivity contribution in [1.82, 2.24) is 5.32 Å². The fraction of sp³-hybridized carbons (Fsp3) is 0.667. The van der Waals surface area contributed by atoms with Gasteiger partial charge in [0.15, 0.2) is 0 Å². The Morgan fingerprint density at radius 1 is 1.45 bits per heavy atom. The van der Waals surface area contributed by atoms with Crippen LogP contribution in [0.4, 0.5) is 0 Å². The van der Waals surface area contributed by atoms with Crippen LogP contribution in [0.15, 0.2) is 0 Å². The van der Waals surface area contributed by atoms with E-state index in [1.165, 1.54) is 6.92 Å². The van der Waals surface area contributed by atoms with E-state index >= 15 is 0 Å². The Morgan fingerprint density at radius 3 is 2.18 bits per heavy atom. The van der Waals surface area contributed by atoms with Crippen molar-refractivity contribution in [3.05, 3.63) is 0 Å². The largest absolute Gasteiger partial charge is 0.480 e. The van der Waals surface area contributed by atoms with Gasteiger partial charge in [0.25, 0.3) is 0 Å². The minimum atomic E-state index is -1.04. The lowest BCUT2D eigenvalue weighted by molar-refractivity contribution is -0.141. The van der Waals surface area contributed by atoms with Gasteiger partial charge in [-0.25, -0.2) is 0 Å². The van der Waals surface area contributed by atoms with E-state index in [4.69, 9.17) is 5.11 Å². The maximum absolute atomic E-state index is 10.8. The second-order valence-electron chi connectivity index (χ2n) is 2.18. The quantitative estimate of drug-likeness (QED) is 0.680. The van der Waals surface area contributed by atoms with E-state index in [9.17, 15) is 9.59 Å². The number of carboxylic acid groups (broad SMARTS) is 1. The summed E-state index contributed by atoms with van der Waals surface area (Å²) in [6.07, 6.45) is 0. The average Bonchev–Trinajstić information content (AvgIpc) is 1.87. The molecular formula is C6H10BrNO3. The fourth-order valence-corrected chi connectivity index (χ4v) is 0.522. The number of rotatable bonds is 3. The predicted octanol–water partition coefficient (Wildman–Crippen LogP) is 0.359. The van der Waals surface area contributed by atoms with Crippen LogP contribution in [0.1, 0.15) is 13.8 Å². The van der Waals surface area contributed by atoms with Gasteiger partial charge in [-0.05, 0) is 13.8 Å². The third kappa shape index (κ3) is 3.98. The van der Waals surface area contributed by atoms with Crippen molar-refractivity contribution >= 4 is 27.8 Å². The molecule has 64 valence electrons. The topological polar surface area (TPSA) is 66.4 Å². The normalized spacial score (nSPS) is 15.2. The Hall–Kier alpha value is -0.580. The van der Waals surface area contributed by atoms with Gasteiger partial charge in [0, 0.05) is 0 Å². The van der Waals surface area contributed by atoms with Crippen molar-refractivity contribution < 1.29 is 14.7 Å². The molecule has 0 aromatic heterocycles. The van der Waals surface area contributed by atoms with E-state index in [1.807, 2.05) is 0 Å². The lowest BCUT2D eigenvalue weighted by Gasteiger charge is -2.09. The number of nitrogens with one attached hydrogen (secondary N) is 1. The number of alkyl halides is 1. The zero-order valence-electron chi connectivity index (χ0n) is 6.30. The zero-order chi connectivity index (χ0) is 9.02. The molecule has 0 aromatic rings. The molecular weight excluding hydrogens is 214 g/mol. The van der Waals surface area contributed by atoms with Crippen LogP contribution in [0.5, 0.6) is 0 Å². The number of hydrogen-bond acceptors (Lipinski definition) is 2. The summed E-state index contributed by atoms with van der Waals surface area (Å²) in [6, 6.07) is -0.831. The first-order chi connectivity index (χ1) is 4.95. The summed E-state index contributed by atoms with van der Waals surface area (Å²) in [7, 11) is 0. The van der Waals surface area contributed by atoms with Crippen molar-refractivity contribution in [1.29, 1.82) is 0 Å². The minimum Gasteiger partial charge on any atom is -0.480 e. The van der Waals surface area contributed by atoms with Crippen LogP contribution in [-0.4, -0.2) is 27.9 Å². The molecule has 0 spiro atoms. The Bertz CT molecular complexity index is 169. The van der Waals surface area contributed by atoms with Gasteiger partial charge in [0.2, 0.25) is 5.91 Å². The Kier molecular flexibility index (Phi) is 4.10. The zero-order valence-corrected chi connectivity index (χ0v) is 7.88. The summed E-state index contributed by atoms with van der Waals surface area (Å²) in [4.78, 5) is 20.7. The van der Waals surface area contributed by atoms with Gasteiger partial charge in [0.05, 0.1) is 4.83 Å². The molecule has 2 atom stereocenters. The molecule has 11 heavy (non-hydrogen) atoms. The van der Waals surface area contributed by atoms with Crippen LogP contribution < -0.4 is 5.32 Å². The summed E-state index contributed by atoms with van der Waals surface area (Å²) >= 11 is 3.01. The molecule has 0 saturated carbocycles. The third-order valence-electron chi connectivity index (χ3n) is 1.09. The molecule has 0 aliphatic heterocycles. The fourth-order valence-electron chi connectivity index (χ4n) is 0.390. The monoisotopic (exact) mass is 223 g/mol. The first-order valence-electron chi connectivity index (χ1n) is 3.12. The van der Waals surface area contributed by atoms with E-state index in [1.54, 1.807) is 6.92 Å². The van der Waals surface area contributed by atoms with Crippen molar-refractivity contribution in [2.24, 2.45) is 0 Å². The van der Waals surface area contributed by atoms with Crippen LogP contribution in [0, 0.1) is 0 Å². The Morgan fingerprint density at radius 2 is 1.91 bits per heavy atom. The van der Waals surface area contributed by atoms with Gasteiger partial charge in [0.1, 0.15) is 6.04 Å². The summed E-state index contributed by atoms with van der Waals surface area (Å²) in [5, 5.41) is 10.7. The van der Waals surface area contributed by atoms with E-state index in [0.717, 1.165) is 0 Å². The molecule has 0 saturated heterocycles. The molecule has 0 rings (SSSR count). The SMILES string of the molecule is CC(Br)C(=O)N[C@@H](C)C(=O)O. The molecule has 0 fully saturated rings. The number of carboxylic acids is 1. The van der Waals surface area contributed by atoms with Crippen molar-refractivity contribution in [3.63, 3.8) is 0 Å². The number of carbonyl (C=O) groups excluding carboxylic acids is 1. The van der Waals surface area contributed by atoms with E-state index in [0.29, 0.717) is 0 Å². The summed E-state index contributed by atoms with van der Waals surface area (Å²) < 4.78 is 0. The average molecular weight is 224 g/mol. The summed E-state index contributed by atoms with van der Waals surface area (Å²) in [6.45, 7) is 3.04. The van der Waals surface area contributed by atoms with Gasteiger partial charge in [-0.1, -0.05) is 15.9 Å². The lowest BCUT2D eigenvalue weighted by Crippen LogP contribution is -2.41. The molecule has 2 N–H and O–H groups in total. The van der Waals surface area contributed by atoms with Crippen molar-refractivity contribution in [2.75, 3.05) is 0 Å². The van der Waals surface area contributed by atoms with Gasteiger partial charge in [-0.3, -0.25) is 9.59 Å². The number of halogens is 1. The van der Waals surface area contributed by atoms with Gasteiger partial charge < -0.3 is 10.4 Å². The standard InChI is InChI=1S/C6H10BrNO3/c1-3(7)5(9)8-4(2)6(10)11/h3-4H,1-2H3,(H,8,9)(H,10,11)/t3?,4-/m0/s1. The highest BCUT2D eigenvalue weighted by molar-refractivity contribution is 9.10. The number of hydrogen-bond donors (Lipinski definition) is 2. The van der Waals surface area contributed by atoms with Crippen LogP contribution in [0.25, 0.3) is 0 Å². The highest BCUT2D eigenvalue weighted by Crippen LogP contribution is 1.97. The summed E-state index contributed by atoms with van der Waals surface area (Å²) in [5.74, 6) is -1.36. The molecule has 0 aromatic carbocycles. The van der Waals surface area contributed by atoms with Crippen LogP contribution in [-0.2, 0) is 9.59 Å². The molecule has 0 radical (unpaired) electrons. The molecule has 1 amide bonds. The van der Waals surface area contributed by atoms with Crippen LogP contribution in [0.2, 0.25) is 0 Å². The number of aliphatic carboxylic acids is 1. The van der Waals surface area contributed by atoms with Gasteiger partial charge >= 0.3 is 5.97 Å². The van der Waals surface area contributed by atoms with Crippen LogP contribution in [0.3, 0.4) is 0 Å². The number of carbonyl (C=O) groups is 2. The van der Waals surface area contributed by atoms with Gasteiger partial charge in [-0.2, -0.15) is 0 Å². The molecule has 1 unspecified atom stereocenters. The first kappa shape index (κ1) is 10.4. The van der Waals surface area contributed by atoms with E-state index in [2.05, 4.69) is 21.2 Å². The molecule has 0 bridgehead atoms. The Balaban J connectivity index is 3.85. The lowest BCUT2D eigenvalue weighted by atomic mass is 10.3. The highest BCUT2D eigenvalue weighted by atomic mass is 79.9. The van der Waals surface area contributed by atoms with Gasteiger partial charge in [-0.15, -0.1) is 0 Å². The maximum Gasteiger partial charge on any atom is 0.325 e. The minimum absolute atomic E-state index is 0.320. The molecule has 0 aliphatic carbocycles.